The molecular weight excluding hydrogens is 204 g/mol. The van der Waals surface area contributed by atoms with Crippen LogP contribution in [0.1, 0.15) is 26.7 Å². The zero-order valence-corrected chi connectivity index (χ0v) is 10.2. The van der Waals surface area contributed by atoms with Crippen molar-refractivity contribution >= 4 is 6.03 Å². The van der Waals surface area contributed by atoms with Crippen LogP contribution in [0.5, 0.6) is 0 Å². The highest BCUT2D eigenvalue weighted by Crippen LogP contribution is 2.23. The first-order valence-electron chi connectivity index (χ1n) is 6.30. The minimum atomic E-state index is 0.0960. The van der Waals surface area contributed by atoms with E-state index in [1.807, 2.05) is 4.90 Å². The molecule has 16 heavy (non-hydrogen) atoms. The number of likely N-dealkylation sites (tertiary alicyclic amines) is 1. The SMILES string of the molecule is CC(C)C1CCN(C(=O)NC2CCOC2)C1. The predicted octanol–water partition coefficient (Wildman–Crippen LogP) is 1.46. The second-order valence-corrected chi connectivity index (χ2v) is 5.25. The number of nitrogens with zero attached hydrogens (tertiary/aromatic N) is 1. The molecule has 92 valence electrons. The van der Waals surface area contributed by atoms with E-state index < -0.39 is 0 Å². The Morgan fingerprint density at radius 1 is 1.44 bits per heavy atom. The minimum absolute atomic E-state index is 0.0960. The van der Waals surface area contributed by atoms with Gasteiger partial charge in [-0.15, -0.1) is 0 Å². The van der Waals surface area contributed by atoms with Crippen LogP contribution in [0.2, 0.25) is 0 Å². The first kappa shape index (κ1) is 11.7. The van der Waals surface area contributed by atoms with Gasteiger partial charge in [-0.3, -0.25) is 0 Å². The predicted molar refractivity (Wildman–Crippen MR) is 62.3 cm³/mol. The Morgan fingerprint density at radius 3 is 2.81 bits per heavy atom. The van der Waals surface area contributed by atoms with Crippen LogP contribution in [0, 0.1) is 11.8 Å². The summed E-state index contributed by atoms with van der Waals surface area (Å²) in [4.78, 5) is 13.9. The molecule has 2 rings (SSSR count). The van der Waals surface area contributed by atoms with Gasteiger partial charge in [-0.05, 0) is 24.7 Å². The van der Waals surface area contributed by atoms with Crippen molar-refractivity contribution in [3.63, 3.8) is 0 Å². The van der Waals surface area contributed by atoms with E-state index in [0.717, 1.165) is 32.5 Å². The number of carbonyl (C=O) groups is 1. The monoisotopic (exact) mass is 226 g/mol. The third kappa shape index (κ3) is 2.67. The molecule has 2 amide bonds. The molecule has 2 fully saturated rings. The van der Waals surface area contributed by atoms with Crippen molar-refractivity contribution in [1.82, 2.24) is 10.2 Å². The van der Waals surface area contributed by atoms with E-state index >= 15 is 0 Å². The largest absolute Gasteiger partial charge is 0.379 e. The summed E-state index contributed by atoms with van der Waals surface area (Å²) >= 11 is 0. The molecule has 0 aromatic heterocycles. The van der Waals surface area contributed by atoms with Crippen molar-refractivity contribution < 1.29 is 9.53 Å². The van der Waals surface area contributed by atoms with E-state index in [2.05, 4.69) is 19.2 Å². The summed E-state index contributed by atoms with van der Waals surface area (Å²) in [6, 6.07) is 0.323. The molecule has 4 nitrogen and oxygen atoms in total. The van der Waals surface area contributed by atoms with Gasteiger partial charge in [-0.2, -0.15) is 0 Å². The maximum absolute atomic E-state index is 11.9. The number of rotatable bonds is 2. The van der Waals surface area contributed by atoms with E-state index in [4.69, 9.17) is 4.74 Å². The fraction of sp³-hybridized carbons (Fsp3) is 0.917. The summed E-state index contributed by atoms with van der Waals surface area (Å²) in [5.74, 6) is 1.35. The van der Waals surface area contributed by atoms with Crippen LogP contribution in [0.25, 0.3) is 0 Å². The summed E-state index contributed by atoms with van der Waals surface area (Å²) in [6.45, 7) is 7.74. The maximum atomic E-state index is 11.9. The molecule has 0 spiro atoms. The molecule has 0 aromatic rings. The molecule has 2 unspecified atom stereocenters. The van der Waals surface area contributed by atoms with Gasteiger partial charge in [0.15, 0.2) is 0 Å². The molecular formula is C12H22N2O2. The number of urea groups is 1. The summed E-state index contributed by atoms with van der Waals surface area (Å²) in [5.41, 5.74) is 0. The van der Waals surface area contributed by atoms with E-state index in [-0.39, 0.29) is 12.1 Å². The van der Waals surface area contributed by atoms with Gasteiger partial charge in [0, 0.05) is 19.7 Å². The van der Waals surface area contributed by atoms with Crippen molar-refractivity contribution in [2.75, 3.05) is 26.3 Å². The van der Waals surface area contributed by atoms with Crippen LogP contribution in [-0.2, 0) is 4.74 Å². The zero-order valence-electron chi connectivity index (χ0n) is 10.2. The molecule has 1 N–H and O–H groups in total. The van der Waals surface area contributed by atoms with Gasteiger partial charge < -0.3 is 15.0 Å². The second kappa shape index (κ2) is 5.04. The Morgan fingerprint density at radius 2 is 2.25 bits per heavy atom. The van der Waals surface area contributed by atoms with Gasteiger partial charge in [-0.1, -0.05) is 13.8 Å². The Balaban J connectivity index is 1.77. The van der Waals surface area contributed by atoms with Crippen molar-refractivity contribution in [2.45, 2.75) is 32.7 Å². The molecule has 4 heteroatoms. The lowest BCUT2D eigenvalue weighted by molar-refractivity contribution is 0.181. The molecule has 0 saturated carbocycles. The second-order valence-electron chi connectivity index (χ2n) is 5.25. The van der Waals surface area contributed by atoms with Crippen molar-refractivity contribution in [2.24, 2.45) is 11.8 Å². The van der Waals surface area contributed by atoms with Crippen molar-refractivity contribution in [3.8, 4) is 0 Å². The standard InChI is InChI=1S/C12H22N2O2/c1-9(2)10-3-5-14(7-10)12(15)13-11-4-6-16-8-11/h9-11H,3-8H2,1-2H3,(H,13,15). The number of ether oxygens (including phenoxy) is 1. The van der Waals surface area contributed by atoms with Gasteiger partial charge in [0.05, 0.1) is 12.6 Å². The van der Waals surface area contributed by atoms with Crippen LogP contribution in [0.15, 0.2) is 0 Å². The van der Waals surface area contributed by atoms with Gasteiger partial charge in [0.25, 0.3) is 0 Å². The van der Waals surface area contributed by atoms with E-state index in [0.29, 0.717) is 18.4 Å². The molecule has 0 bridgehead atoms. The van der Waals surface area contributed by atoms with E-state index in [1.165, 1.54) is 0 Å². The molecule has 0 aromatic carbocycles. The Kier molecular flexibility index (Phi) is 3.69. The summed E-state index contributed by atoms with van der Waals surface area (Å²) < 4.78 is 5.25. The number of amides is 2. The summed E-state index contributed by atoms with van der Waals surface area (Å²) in [6.07, 6.45) is 2.10. The highest BCUT2D eigenvalue weighted by atomic mass is 16.5. The lowest BCUT2D eigenvalue weighted by Gasteiger charge is -2.20. The average Bonchev–Trinajstić information content (AvgIpc) is 2.86. The van der Waals surface area contributed by atoms with E-state index in [1.54, 1.807) is 0 Å². The van der Waals surface area contributed by atoms with Crippen molar-refractivity contribution in [1.29, 1.82) is 0 Å². The molecule has 0 radical (unpaired) electrons. The van der Waals surface area contributed by atoms with Gasteiger partial charge >= 0.3 is 6.03 Å². The number of hydrogen-bond acceptors (Lipinski definition) is 2. The van der Waals surface area contributed by atoms with Gasteiger partial charge in [0.1, 0.15) is 0 Å². The number of nitrogens with one attached hydrogen (secondary N) is 1. The molecule has 2 aliphatic rings. The third-order valence-corrected chi connectivity index (χ3v) is 3.71. The Bertz CT molecular complexity index is 249. The molecule has 2 aliphatic heterocycles. The summed E-state index contributed by atoms with van der Waals surface area (Å²) in [7, 11) is 0. The number of hydrogen-bond donors (Lipinski definition) is 1. The highest BCUT2D eigenvalue weighted by molar-refractivity contribution is 5.74. The van der Waals surface area contributed by atoms with Crippen LogP contribution < -0.4 is 5.32 Å². The molecule has 2 atom stereocenters. The van der Waals surface area contributed by atoms with Gasteiger partial charge in [-0.25, -0.2) is 4.79 Å². The smallest absolute Gasteiger partial charge is 0.317 e. The molecule has 0 aliphatic carbocycles. The lowest BCUT2D eigenvalue weighted by atomic mass is 9.95. The van der Waals surface area contributed by atoms with Crippen LogP contribution in [0.4, 0.5) is 4.79 Å². The first-order chi connectivity index (χ1) is 7.66. The normalized spacial score (nSPS) is 30.1. The zero-order chi connectivity index (χ0) is 11.5. The fourth-order valence-electron chi connectivity index (χ4n) is 2.43. The minimum Gasteiger partial charge on any atom is -0.379 e. The Hall–Kier alpha value is -0.770. The highest BCUT2D eigenvalue weighted by Gasteiger charge is 2.29. The third-order valence-electron chi connectivity index (χ3n) is 3.71. The number of carbonyl (C=O) groups excluding carboxylic acids is 1. The quantitative estimate of drug-likeness (QED) is 0.774. The van der Waals surface area contributed by atoms with Crippen LogP contribution >= 0.6 is 0 Å². The molecule has 2 heterocycles. The first-order valence-corrected chi connectivity index (χ1v) is 6.30. The average molecular weight is 226 g/mol. The molecule has 2 saturated heterocycles. The van der Waals surface area contributed by atoms with Crippen molar-refractivity contribution in [3.05, 3.63) is 0 Å². The van der Waals surface area contributed by atoms with Gasteiger partial charge in [0.2, 0.25) is 0 Å². The summed E-state index contributed by atoms with van der Waals surface area (Å²) in [5, 5.41) is 3.04. The van der Waals surface area contributed by atoms with E-state index in [9.17, 15) is 4.79 Å². The fourth-order valence-corrected chi connectivity index (χ4v) is 2.43. The topological polar surface area (TPSA) is 41.6 Å². The lowest BCUT2D eigenvalue weighted by Crippen LogP contribution is -2.44. The Labute approximate surface area is 97.3 Å². The van der Waals surface area contributed by atoms with Crippen LogP contribution in [0.3, 0.4) is 0 Å². The maximum Gasteiger partial charge on any atom is 0.317 e. The van der Waals surface area contributed by atoms with Crippen LogP contribution in [-0.4, -0.2) is 43.3 Å².